The van der Waals surface area contributed by atoms with E-state index in [1.165, 1.54) is 18.4 Å². The summed E-state index contributed by atoms with van der Waals surface area (Å²) in [5, 5.41) is 0. The molecule has 0 spiro atoms. The zero-order valence-electron chi connectivity index (χ0n) is 19.4. The first kappa shape index (κ1) is 23.4. The third kappa shape index (κ3) is 4.79. The van der Waals surface area contributed by atoms with Gasteiger partial charge >= 0.3 is 0 Å². The summed E-state index contributed by atoms with van der Waals surface area (Å²) in [7, 11) is 1.40. The number of pyridine rings is 1. The molecule has 0 radical (unpaired) electrons. The van der Waals surface area contributed by atoms with E-state index in [-0.39, 0.29) is 16.8 Å². The Hall–Kier alpha value is -2.78. The van der Waals surface area contributed by atoms with Gasteiger partial charge in [-0.15, -0.1) is 0 Å². The van der Waals surface area contributed by atoms with Crippen LogP contribution in [0.5, 0.6) is 0 Å². The van der Waals surface area contributed by atoms with Crippen LogP contribution in [0.2, 0.25) is 0 Å². The van der Waals surface area contributed by atoms with Crippen molar-refractivity contribution in [3.05, 3.63) is 54.1 Å². The number of likely N-dealkylation sites (tertiary alicyclic amines) is 1. The van der Waals surface area contributed by atoms with Crippen molar-refractivity contribution in [1.29, 1.82) is 0 Å². The molecule has 0 aliphatic carbocycles. The summed E-state index contributed by atoms with van der Waals surface area (Å²) >= 11 is 0. The van der Waals surface area contributed by atoms with Crippen LogP contribution in [-0.2, 0) is 28.3 Å². The third-order valence-electron chi connectivity index (χ3n) is 6.45. The summed E-state index contributed by atoms with van der Waals surface area (Å²) in [5.74, 6) is 0.898. The van der Waals surface area contributed by atoms with E-state index in [9.17, 15) is 13.2 Å². The number of aryl methyl sites for hydroxylation is 2. The standard InChI is InChI=1S/C24H31N5O3S/c1-27(2)33(31,32)19-8-9-22-20(17-19)26-23(28(22)3)10-11-24(30)29-16-6-4-5-7-21(29)18-12-14-25-15-13-18/h8-9,12-15,17,21H,4-7,10-11,16H2,1-3H3. The van der Waals surface area contributed by atoms with E-state index in [4.69, 9.17) is 0 Å². The summed E-state index contributed by atoms with van der Waals surface area (Å²) in [4.78, 5) is 24.3. The van der Waals surface area contributed by atoms with Crippen LogP contribution in [0.25, 0.3) is 11.0 Å². The summed E-state index contributed by atoms with van der Waals surface area (Å²) < 4.78 is 28.1. The van der Waals surface area contributed by atoms with Crippen molar-refractivity contribution in [3.8, 4) is 0 Å². The lowest BCUT2D eigenvalue weighted by Gasteiger charge is -2.30. The molecule has 1 aromatic carbocycles. The average molecular weight is 470 g/mol. The Morgan fingerprint density at radius 1 is 1.12 bits per heavy atom. The fourth-order valence-electron chi connectivity index (χ4n) is 4.53. The van der Waals surface area contributed by atoms with E-state index in [2.05, 4.69) is 9.97 Å². The van der Waals surface area contributed by atoms with Gasteiger partial charge in [0.25, 0.3) is 0 Å². The van der Waals surface area contributed by atoms with Gasteiger partial charge < -0.3 is 9.47 Å². The number of benzene rings is 1. The van der Waals surface area contributed by atoms with Crippen LogP contribution in [0.4, 0.5) is 0 Å². The highest BCUT2D eigenvalue weighted by Gasteiger charge is 2.27. The number of hydrogen-bond acceptors (Lipinski definition) is 5. The topological polar surface area (TPSA) is 88.4 Å². The number of nitrogens with zero attached hydrogens (tertiary/aromatic N) is 5. The van der Waals surface area contributed by atoms with Crippen LogP contribution in [0, 0.1) is 0 Å². The SMILES string of the molecule is CN(C)S(=O)(=O)c1ccc2c(c1)nc(CCC(=O)N1CCCCCC1c1ccncc1)n2C. The maximum atomic E-state index is 13.3. The lowest BCUT2D eigenvalue weighted by molar-refractivity contribution is -0.133. The van der Waals surface area contributed by atoms with Gasteiger partial charge in [-0.25, -0.2) is 17.7 Å². The summed E-state index contributed by atoms with van der Waals surface area (Å²) in [6.45, 7) is 0.764. The Morgan fingerprint density at radius 2 is 1.88 bits per heavy atom. The predicted octanol–water partition coefficient (Wildman–Crippen LogP) is 3.30. The van der Waals surface area contributed by atoms with Crippen molar-refractivity contribution < 1.29 is 13.2 Å². The van der Waals surface area contributed by atoms with Crippen LogP contribution in [-0.4, -0.2) is 58.7 Å². The Morgan fingerprint density at radius 3 is 2.61 bits per heavy atom. The number of hydrogen-bond donors (Lipinski definition) is 0. The fraction of sp³-hybridized carbons (Fsp3) is 0.458. The van der Waals surface area contributed by atoms with Gasteiger partial charge in [-0.1, -0.05) is 12.8 Å². The molecule has 1 fully saturated rings. The van der Waals surface area contributed by atoms with Crippen molar-refractivity contribution in [1.82, 2.24) is 23.7 Å². The highest BCUT2D eigenvalue weighted by atomic mass is 32.2. The predicted molar refractivity (Wildman–Crippen MR) is 127 cm³/mol. The second-order valence-electron chi connectivity index (χ2n) is 8.76. The number of carbonyl (C=O) groups is 1. The van der Waals surface area contributed by atoms with Crippen molar-refractivity contribution in [2.24, 2.45) is 7.05 Å². The Labute approximate surface area is 195 Å². The monoisotopic (exact) mass is 469 g/mol. The second kappa shape index (κ2) is 9.61. The van der Waals surface area contributed by atoms with Crippen molar-refractivity contribution in [2.75, 3.05) is 20.6 Å². The highest BCUT2D eigenvalue weighted by Crippen LogP contribution is 2.30. The first-order valence-electron chi connectivity index (χ1n) is 11.4. The quantitative estimate of drug-likeness (QED) is 0.553. The van der Waals surface area contributed by atoms with E-state index in [1.54, 1.807) is 30.6 Å². The van der Waals surface area contributed by atoms with Gasteiger partial charge in [0.1, 0.15) is 5.82 Å². The number of imidazole rings is 1. The van der Waals surface area contributed by atoms with Gasteiger partial charge in [0.2, 0.25) is 15.9 Å². The molecule has 1 saturated heterocycles. The fourth-order valence-corrected chi connectivity index (χ4v) is 5.45. The molecule has 0 bridgehead atoms. The van der Waals surface area contributed by atoms with Crippen LogP contribution < -0.4 is 0 Å². The van der Waals surface area contributed by atoms with E-state index in [0.29, 0.717) is 18.4 Å². The largest absolute Gasteiger partial charge is 0.336 e. The number of carbonyl (C=O) groups excluding carboxylic acids is 1. The van der Waals surface area contributed by atoms with E-state index in [1.807, 2.05) is 28.6 Å². The Bertz CT molecular complexity index is 1240. The summed E-state index contributed by atoms with van der Waals surface area (Å²) in [6.07, 6.45) is 8.66. The zero-order chi connectivity index (χ0) is 23.6. The summed E-state index contributed by atoms with van der Waals surface area (Å²) in [5.41, 5.74) is 2.60. The first-order valence-corrected chi connectivity index (χ1v) is 12.8. The molecule has 1 aliphatic rings. The van der Waals surface area contributed by atoms with Crippen LogP contribution in [0.3, 0.4) is 0 Å². The van der Waals surface area contributed by atoms with Crippen LogP contribution in [0.1, 0.15) is 49.5 Å². The maximum Gasteiger partial charge on any atom is 0.242 e. The normalized spacial score (nSPS) is 17.5. The zero-order valence-corrected chi connectivity index (χ0v) is 20.3. The van der Waals surface area contributed by atoms with E-state index >= 15 is 0 Å². The van der Waals surface area contributed by atoms with Gasteiger partial charge in [0.15, 0.2) is 0 Å². The molecule has 1 amide bonds. The van der Waals surface area contributed by atoms with Gasteiger partial charge in [-0.2, -0.15) is 0 Å². The molecule has 3 heterocycles. The molecule has 0 saturated carbocycles. The number of aromatic nitrogens is 3. The molecule has 2 aromatic heterocycles. The molecule has 1 aliphatic heterocycles. The average Bonchev–Trinajstić information content (AvgIpc) is 2.97. The third-order valence-corrected chi connectivity index (χ3v) is 8.26. The lowest BCUT2D eigenvalue weighted by Crippen LogP contribution is -2.35. The molecule has 9 heteroatoms. The Kier molecular flexibility index (Phi) is 6.81. The molecule has 33 heavy (non-hydrogen) atoms. The molecule has 4 rings (SSSR count). The molecular weight excluding hydrogens is 438 g/mol. The minimum atomic E-state index is -3.53. The van der Waals surface area contributed by atoms with Crippen molar-refractivity contribution >= 4 is 27.0 Å². The first-order chi connectivity index (χ1) is 15.8. The second-order valence-corrected chi connectivity index (χ2v) is 10.9. The maximum absolute atomic E-state index is 13.3. The molecule has 8 nitrogen and oxygen atoms in total. The van der Waals surface area contributed by atoms with Crippen molar-refractivity contribution in [3.63, 3.8) is 0 Å². The van der Waals surface area contributed by atoms with Gasteiger partial charge in [-0.05, 0) is 48.7 Å². The minimum Gasteiger partial charge on any atom is -0.336 e. The minimum absolute atomic E-state index is 0.0854. The number of rotatable bonds is 6. The Balaban J connectivity index is 1.53. The van der Waals surface area contributed by atoms with E-state index < -0.39 is 10.0 Å². The molecular formula is C24H31N5O3S. The molecule has 1 unspecified atom stereocenters. The van der Waals surface area contributed by atoms with Gasteiger partial charge in [-0.3, -0.25) is 9.78 Å². The summed E-state index contributed by atoms with van der Waals surface area (Å²) in [6, 6.07) is 9.07. The van der Waals surface area contributed by atoms with Gasteiger partial charge in [0.05, 0.1) is 22.0 Å². The lowest BCUT2D eigenvalue weighted by atomic mass is 10.0. The molecule has 0 N–H and O–H groups in total. The van der Waals surface area contributed by atoms with Gasteiger partial charge in [0, 0.05) is 52.9 Å². The van der Waals surface area contributed by atoms with Crippen LogP contribution >= 0.6 is 0 Å². The number of fused-ring (bicyclic) bond motifs is 1. The number of amides is 1. The van der Waals surface area contributed by atoms with E-state index in [0.717, 1.165) is 49.1 Å². The smallest absolute Gasteiger partial charge is 0.242 e. The van der Waals surface area contributed by atoms with Crippen molar-refractivity contribution in [2.45, 2.75) is 49.5 Å². The van der Waals surface area contributed by atoms with Crippen LogP contribution in [0.15, 0.2) is 47.6 Å². The molecule has 3 aromatic rings. The number of sulfonamides is 1. The molecule has 1 atom stereocenters. The highest BCUT2D eigenvalue weighted by molar-refractivity contribution is 7.89. The molecule has 176 valence electrons.